The Kier molecular flexibility index (Phi) is 5.45. The maximum atomic E-state index is 13.4. The zero-order valence-electron chi connectivity index (χ0n) is 16.8. The lowest BCUT2D eigenvalue weighted by molar-refractivity contribution is -0.151. The number of esters is 2. The van der Waals surface area contributed by atoms with Crippen LogP contribution in [0.1, 0.15) is 44.6 Å². The second-order valence-corrected chi connectivity index (χ2v) is 7.20. The number of allylic oxidation sites excluding steroid dienone is 3. The van der Waals surface area contributed by atoms with Crippen molar-refractivity contribution in [3.63, 3.8) is 0 Å². The highest BCUT2D eigenvalue weighted by atomic mass is 16.5. The van der Waals surface area contributed by atoms with Gasteiger partial charge in [-0.05, 0) is 45.2 Å². The summed E-state index contributed by atoms with van der Waals surface area (Å²) in [5, 5.41) is 3.20. The molecule has 2 heterocycles. The third-order valence-electron chi connectivity index (χ3n) is 5.28. The highest BCUT2D eigenvalue weighted by Gasteiger charge is 2.48. The summed E-state index contributed by atoms with van der Waals surface area (Å²) in [4.78, 5) is 38.4. The second-order valence-electron chi connectivity index (χ2n) is 7.20. The van der Waals surface area contributed by atoms with Gasteiger partial charge in [0.05, 0.1) is 25.2 Å². The lowest BCUT2D eigenvalue weighted by Gasteiger charge is -2.37. The van der Waals surface area contributed by atoms with Gasteiger partial charge in [-0.25, -0.2) is 4.79 Å². The molecule has 0 saturated heterocycles. The van der Waals surface area contributed by atoms with Crippen LogP contribution in [-0.2, 0) is 23.9 Å². The summed E-state index contributed by atoms with van der Waals surface area (Å²) in [6, 6.07) is 3.53. The number of aryl methyl sites for hydroxylation is 1. The number of carbonyl (C=O) groups excluding carboxylic acids is 3. The summed E-state index contributed by atoms with van der Waals surface area (Å²) in [7, 11) is 1.27. The predicted octanol–water partition coefficient (Wildman–Crippen LogP) is 2.76. The van der Waals surface area contributed by atoms with Crippen LogP contribution in [0, 0.1) is 18.8 Å². The third kappa shape index (κ3) is 3.25. The van der Waals surface area contributed by atoms with E-state index in [-0.39, 0.29) is 18.3 Å². The first kappa shape index (κ1) is 19.9. The minimum Gasteiger partial charge on any atom is -0.468 e. The molecule has 0 aromatic carbocycles. The summed E-state index contributed by atoms with van der Waals surface area (Å²) < 4.78 is 15.9. The number of hydrogen-bond acceptors (Lipinski definition) is 7. The van der Waals surface area contributed by atoms with Gasteiger partial charge in [0.15, 0.2) is 5.78 Å². The van der Waals surface area contributed by atoms with Crippen LogP contribution < -0.4 is 5.32 Å². The number of methoxy groups -OCH3 is 1. The number of carbonyl (C=O) groups is 3. The van der Waals surface area contributed by atoms with E-state index >= 15 is 0 Å². The minimum absolute atomic E-state index is 0.210. The van der Waals surface area contributed by atoms with Crippen LogP contribution in [0.5, 0.6) is 0 Å². The summed E-state index contributed by atoms with van der Waals surface area (Å²) in [6.45, 7) is 7.35. The zero-order chi connectivity index (χ0) is 20.6. The Balaban J connectivity index is 2.16. The average Bonchev–Trinajstić information content (AvgIpc) is 3.06. The molecule has 0 fully saturated rings. The molecule has 0 saturated carbocycles. The maximum Gasteiger partial charge on any atom is 0.336 e. The first-order valence-corrected chi connectivity index (χ1v) is 9.36. The average molecular weight is 387 g/mol. The topological polar surface area (TPSA) is 94.8 Å². The molecule has 7 heteroatoms. The molecule has 0 amide bonds. The van der Waals surface area contributed by atoms with E-state index in [9.17, 15) is 14.4 Å². The van der Waals surface area contributed by atoms with Gasteiger partial charge < -0.3 is 19.2 Å². The molecule has 150 valence electrons. The molecule has 28 heavy (non-hydrogen) atoms. The van der Waals surface area contributed by atoms with Gasteiger partial charge in [-0.2, -0.15) is 0 Å². The van der Waals surface area contributed by atoms with Gasteiger partial charge >= 0.3 is 11.9 Å². The Morgan fingerprint density at radius 1 is 1.29 bits per heavy atom. The van der Waals surface area contributed by atoms with Gasteiger partial charge in [0.1, 0.15) is 17.4 Å². The Hall–Kier alpha value is -2.83. The number of Topliss-reactive ketones (excluding diaryl/α,β-unsaturated/α-hetero) is 1. The molecule has 1 N–H and O–H groups in total. The summed E-state index contributed by atoms with van der Waals surface area (Å²) in [5.74, 6) is -2.15. The Morgan fingerprint density at radius 2 is 2.00 bits per heavy atom. The SMILES string of the molecule is CCOC(=O)C1=C(C)NC2=C(C(=O)[C@@H](C(=O)OC)[C@@H](C)C2)[C@H]1c1ccc(C)o1. The van der Waals surface area contributed by atoms with E-state index in [4.69, 9.17) is 13.9 Å². The lowest BCUT2D eigenvalue weighted by atomic mass is 9.70. The summed E-state index contributed by atoms with van der Waals surface area (Å²) in [6.07, 6.45) is 0.491. The van der Waals surface area contributed by atoms with Crippen molar-refractivity contribution in [3.05, 3.63) is 46.2 Å². The predicted molar refractivity (Wildman–Crippen MR) is 100.0 cm³/mol. The fraction of sp³-hybridized carbons (Fsp3) is 0.476. The Labute approximate surface area is 163 Å². The van der Waals surface area contributed by atoms with Crippen LogP contribution in [-0.4, -0.2) is 31.4 Å². The molecular weight excluding hydrogens is 362 g/mol. The molecule has 0 radical (unpaired) electrons. The molecule has 1 aromatic heterocycles. The largest absolute Gasteiger partial charge is 0.468 e. The highest BCUT2D eigenvalue weighted by Crippen LogP contribution is 2.45. The summed E-state index contributed by atoms with van der Waals surface area (Å²) in [5.41, 5.74) is 2.02. The number of nitrogens with one attached hydrogen (secondary N) is 1. The molecule has 1 aliphatic heterocycles. The molecule has 7 nitrogen and oxygen atoms in total. The number of ketones is 1. The number of dihydropyridines is 1. The van der Waals surface area contributed by atoms with Gasteiger partial charge in [-0.1, -0.05) is 6.92 Å². The third-order valence-corrected chi connectivity index (χ3v) is 5.28. The van der Waals surface area contributed by atoms with E-state index < -0.39 is 23.8 Å². The van der Waals surface area contributed by atoms with Gasteiger partial charge in [0.2, 0.25) is 0 Å². The molecule has 2 aliphatic rings. The standard InChI is InChI=1S/C21H25NO6/c1-6-27-21(25)16-12(4)22-13-9-10(2)15(20(24)26-5)19(23)17(13)18(16)14-8-7-11(3)28-14/h7-8,10,15,18,22H,6,9H2,1-5H3/t10-,15-,18-/m0/s1. The number of ether oxygens (including phenoxy) is 2. The van der Waals surface area contributed by atoms with E-state index in [1.54, 1.807) is 32.9 Å². The van der Waals surface area contributed by atoms with Gasteiger partial charge in [0.25, 0.3) is 0 Å². The van der Waals surface area contributed by atoms with Crippen molar-refractivity contribution in [3.8, 4) is 0 Å². The number of rotatable bonds is 4. The number of furan rings is 1. The van der Waals surface area contributed by atoms with Crippen molar-refractivity contribution in [2.75, 3.05) is 13.7 Å². The molecule has 1 aliphatic carbocycles. The Bertz CT molecular complexity index is 890. The van der Waals surface area contributed by atoms with Crippen molar-refractivity contribution in [2.45, 2.75) is 40.0 Å². The molecular formula is C21H25NO6. The normalized spacial score (nSPS) is 24.6. The van der Waals surface area contributed by atoms with Gasteiger partial charge in [-0.15, -0.1) is 0 Å². The van der Waals surface area contributed by atoms with E-state index in [1.165, 1.54) is 7.11 Å². The monoisotopic (exact) mass is 387 g/mol. The van der Waals surface area contributed by atoms with Crippen LogP contribution in [0.15, 0.2) is 39.1 Å². The molecule has 1 aromatic rings. The zero-order valence-corrected chi connectivity index (χ0v) is 16.8. The molecule has 3 atom stereocenters. The smallest absolute Gasteiger partial charge is 0.336 e. The van der Waals surface area contributed by atoms with E-state index in [2.05, 4.69) is 5.32 Å². The van der Waals surface area contributed by atoms with Crippen LogP contribution in [0.4, 0.5) is 0 Å². The quantitative estimate of drug-likeness (QED) is 0.627. The van der Waals surface area contributed by atoms with Gasteiger partial charge in [-0.3, -0.25) is 9.59 Å². The van der Waals surface area contributed by atoms with Crippen LogP contribution >= 0.6 is 0 Å². The first-order chi connectivity index (χ1) is 13.3. The Morgan fingerprint density at radius 3 is 2.57 bits per heavy atom. The molecule has 0 spiro atoms. The molecule has 0 bridgehead atoms. The van der Waals surface area contributed by atoms with Crippen LogP contribution in [0.2, 0.25) is 0 Å². The number of hydrogen-bond donors (Lipinski definition) is 1. The van der Waals surface area contributed by atoms with Crippen molar-refractivity contribution in [2.24, 2.45) is 11.8 Å². The summed E-state index contributed by atoms with van der Waals surface area (Å²) >= 11 is 0. The molecule has 0 unspecified atom stereocenters. The minimum atomic E-state index is -0.911. The first-order valence-electron chi connectivity index (χ1n) is 9.36. The van der Waals surface area contributed by atoms with Crippen molar-refractivity contribution in [1.29, 1.82) is 0 Å². The lowest BCUT2D eigenvalue weighted by Crippen LogP contribution is -2.43. The van der Waals surface area contributed by atoms with E-state index in [0.29, 0.717) is 40.5 Å². The fourth-order valence-electron chi connectivity index (χ4n) is 4.05. The van der Waals surface area contributed by atoms with Crippen molar-refractivity contribution in [1.82, 2.24) is 5.32 Å². The maximum absolute atomic E-state index is 13.4. The fourth-order valence-corrected chi connectivity index (χ4v) is 4.05. The van der Waals surface area contributed by atoms with E-state index in [1.807, 2.05) is 6.92 Å². The van der Waals surface area contributed by atoms with E-state index in [0.717, 1.165) is 0 Å². The second kappa shape index (κ2) is 7.66. The van der Waals surface area contributed by atoms with Crippen molar-refractivity contribution < 1.29 is 28.3 Å². The van der Waals surface area contributed by atoms with Gasteiger partial charge in [0, 0.05) is 17.0 Å². The van der Waals surface area contributed by atoms with Crippen molar-refractivity contribution >= 4 is 17.7 Å². The van der Waals surface area contributed by atoms with Crippen LogP contribution in [0.3, 0.4) is 0 Å². The highest BCUT2D eigenvalue weighted by molar-refractivity contribution is 6.12. The molecule has 3 rings (SSSR count). The van der Waals surface area contributed by atoms with Crippen LogP contribution in [0.25, 0.3) is 0 Å².